The number of carbonyl (C=O) groups is 4. The third-order valence-electron chi connectivity index (χ3n) is 9.13. The predicted molar refractivity (Wildman–Crippen MR) is 165 cm³/mol. The lowest BCUT2D eigenvalue weighted by molar-refractivity contribution is -0.162. The zero-order valence-electron chi connectivity index (χ0n) is 26.0. The van der Waals surface area contributed by atoms with Crippen LogP contribution in [0.5, 0.6) is 0 Å². The molecule has 240 valence electrons. The monoisotopic (exact) mass is 609 g/mol. The van der Waals surface area contributed by atoms with E-state index in [2.05, 4.69) is 25.4 Å². The van der Waals surface area contributed by atoms with Crippen LogP contribution in [-0.4, -0.2) is 88.6 Å². The Kier molecular flexibility index (Phi) is 11.4. The number of unbranched alkanes of at least 4 members (excludes halogenated alkanes) is 2. The van der Waals surface area contributed by atoms with Crippen LogP contribution in [0.4, 0.5) is 0 Å². The van der Waals surface area contributed by atoms with Crippen molar-refractivity contribution in [3.63, 3.8) is 0 Å². The maximum atomic E-state index is 14.2. The van der Waals surface area contributed by atoms with Gasteiger partial charge in [0.2, 0.25) is 17.7 Å². The SMILES string of the molecule is C=CCCC(=O)N[C@@H](C)[C@H](OC(=O)[C@@H]1[C@@H]2CC[C@]3(O2)[C@H](C(=O)N(CC=C)CCCCC)N(CCO)C(=O)[C@@H]13)c1ccccc1. The quantitative estimate of drug-likeness (QED) is 0.158. The molecule has 0 aromatic heterocycles. The van der Waals surface area contributed by atoms with Gasteiger partial charge in [0.15, 0.2) is 0 Å². The Labute approximate surface area is 260 Å². The zero-order valence-corrected chi connectivity index (χ0v) is 26.0. The van der Waals surface area contributed by atoms with Crippen molar-refractivity contribution in [2.75, 3.05) is 26.2 Å². The van der Waals surface area contributed by atoms with E-state index in [4.69, 9.17) is 9.47 Å². The smallest absolute Gasteiger partial charge is 0.313 e. The number of benzene rings is 1. The fraction of sp³-hybridized carbons (Fsp3) is 0.588. The minimum atomic E-state index is -1.19. The van der Waals surface area contributed by atoms with Crippen molar-refractivity contribution < 1.29 is 33.8 Å². The van der Waals surface area contributed by atoms with Crippen LogP contribution in [0, 0.1) is 11.8 Å². The van der Waals surface area contributed by atoms with Crippen molar-refractivity contribution in [1.82, 2.24) is 15.1 Å². The number of fused-ring (bicyclic) bond motifs is 1. The molecule has 1 spiro atoms. The molecule has 0 aliphatic carbocycles. The maximum absolute atomic E-state index is 14.2. The summed E-state index contributed by atoms with van der Waals surface area (Å²) in [4.78, 5) is 57.9. The molecule has 3 saturated heterocycles. The standard InChI is InChI=1S/C34H47N3O7/c1-5-8-13-20-36(19-7-3)32(41)30-34-18-17-25(44-34)27(28(34)31(40)37(30)21-22-38)33(42)43-29(24-14-11-10-12-15-24)23(4)35-26(39)16-9-6-2/h6-7,10-12,14-15,23,25,27-30,38H,2-3,5,8-9,13,16-22H2,1,4H3,(H,35,39)/t23-,25-,27+,28+,29-,30-,34+/m0/s1. The second-order valence-electron chi connectivity index (χ2n) is 12.0. The number of aliphatic hydroxyl groups is 1. The van der Waals surface area contributed by atoms with Gasteiger partial charge in [-0.15, -0.1) is 13.2 Å². The van der Waals surface area contributed by atoms with Gasteiger partial charge in [0.05, 0.1) is 30.6 Å². The van der Waals surface area contributed by atoms with Gasteiger partial charge in [0, 0.05) is 26.1 Å². The molecular formula is C34H47N3O7. The third-order valence-corrected chi connectivity index (χ3v) is 9.13. The van der Waals surface area contributed by atoms with Crippen LogP contribution in [0.3, 0.4) is 0 Å². The molecular weight excluding hydrogens is 562 g/mol. The van der Waals surface area contributed by atoms with E-state index in [9.17, 15) is 24.3 Å². The summed E-state index contributed by atoms with van der Waals surface area (Å²) in [5, 5.41) is 12.8. The lowest BCUT2D eigenvalue weighted by atomic mass is 9.70. The van der Waals surface area contributed by atoms with Gasteiger partial charge in [-0.2, -0.15) is 0 Å². The lowest BCUT2D eigenvalue weighted by Gasteiger charge is -2.36. The molecule has 3 aliphatic rings. The molecule has 3 heterocycles. The van der Waals surface area contributed by atoms with Crippen LogP contribution in [0.1, 0.15) is 70.5 Å². The number of hydrogen-bond acceptors (Lipinski definition) is 7. The Bertz CT molecular complexity index is 1210. The lowest BCUT2D eigenvalue weighted by Crippen LogP contribution is -2.56. The van der Waals surface area contributed by atoms with Crippen molar-refractivity contribution in [2.24, 2.45) is 11.8 Å². The van der Waals surface area contributed by atoms with Gasteiger partial charge < -0.3 is 29.7 Å². The molecule has 4 rings (SSSR count). The number of rotatable bonds is 17. The van der Waals surface area contributed by atoms with E-state index in [1.165, 1.54) is 4.90 Å². The summed E-state index contributed by atoms with van der Waals surface area (Å²) in [7, 11) is 0. The Morgan fingerprint density at radius 1 is 1.23 bits per heavy atom. The second-order valence-corrected chi connectivity index (χ2v) is 12.0. The zero-order chi connectivity index (χ0) is 31.9. The van der Waals surface area contributed by atoms with E-state index in [0.29, 0.717) is 37.9 Å². The molecule has 1 aromatic rings. The number of ether oxygens (including phenoxy) is 2. The van der Waals surface area contributed by atoms with Crippen molar-refractivity contribution in [2.45, 2.75) is 88.7 Å². The third kappa shape index (κ3) is 6.61. The average molecular weight is 610 g/mol. The minimum Gasteiger partial charge on any atom is -0.455 e. The number of amides is 3. The first kappa shape index (κ1) is 33.4. The number of esters is 1. The number of likely N-dealkylation sites (tertiary alicyclic amines) is 1. The van der Waals surface area contributed by atoms with Crippen LogP contribution in [-0.2, 0) is 28.7 Å². The summed E-state index contributed by atoms with van der Waals surface area (Å²) in [5.41, 5.74) is -0.481. The number of carbonyl (C=O) groups excluding carboxylic acids is 4. The molecule has 44 heavy (non-hydrogen) atoms. The van der Waals surface area contributed by atoms with E-state index in [0.717, 1.165) is 19.3 Å². The van der Waals surface area contributed by atoms with E-state index < -0.39 is 47.7 Å². The molecule has 2 N–H and O–H groups in total. The minimum absolute atomic E-state index is 0.0411. The highest BCUT2D eigenvalue weighted by Crippen LogP contribution is 2.59. The van der Waals surface area contributed by atoms with Gasteiger partial charge in [-0.1, -0.05) is 62.2 Å². The van der Waals surface area contributed by atoms with Crippen LogP contribution in [0.2, 0.25) is 0 Å². The Morgan fingerprint density at radius 3 is 2.64 bits per heavy atom. The maximum Gasteiger partial charge on any atom is 0.313 e. The number of nitrogens with zero attached hydrogens (tertiary/aromatic N) is 2. The Hall–Kier alpha value is -3.50. The largest absolute Gasteiger partial charge is 0.455 e. The molecule has 2 bridgehead atoms. The van der Waals surface area contributed by atoms with Gasteiger partial charge >= 0.3 is 5.97 Å². The number of allylic oxidation sites excluding steroid dienone is 1. The molecule has 10 nitrogen and oxygen atoms in total. The summed E-state index contributed by atoms with van der Waals surface area (Å²) < 4.78 is 12.7. The Balaban J connectivity index is 1.62. The van der Waals surface area contributed by atoms with Gasteiger partial charge in [0.25, 0.3) is 0 Å². The fourth-order valence-corrected chi connectivity index (χ4v) is 7.16. The van der Waals surface area contributed by atoms with Crippen LogP contribution < -0.4 is 5.32 Å². The first-order valence-corrected chi connectivity index (χ1v) is 15.9. The van der Waals surface area contributed by atoms with Crippen molar-refractivity contribution >= 4 is 23.7 Å². The topological polar surface area (TPSA) is 125 Å². The van der Waals surface area contributed by atoms with E-state index >= 15 is 0 Å². The van der Waals surface area contributed by atoms with Crippen molar-refractivity contribution in [3.05, 3.63) is 61.2 Å². The highest BCUT2D eigenvalue weighted by atomic mass is 16.6. The van der Waals surface area contributed by atoms with Gasteiger partial charge in [-0.3, -0.25) is 19.2 Å². The number of hydrogen-bond donors (Lipinski definition) is 2. The van der Waals surface area contributed by atoms with E-state index in [1.54, 1.807) is 24.0 Å². The average Bonchev–Trinajstić information content (AvgIpc) is 3.66. The van der Waals surface area contributed by atoms with Gasteiger partial charge in [0.1, 0.15) is 17.7 Å². The molecule has 10 heteroatoms. The Morgan fingerprint density at radius 2 is 1.98 bits per heavy atom. The molecule has 3 fully saturated rings. The summed E-state index contributed by atoms with van der Waals surface area (Å²) in [5.74, 6) is -3.25. The van der Waals surface area contributed by atoms with Crippen LogP contribution in [0.15, 0.2) is 55.6 Å². The molecule has 3 aliphatic heterocycles. The number of nitrogens with one attached hydrogen (secondary N) is 1. The van der Waals surface area contributed by atoms with Crippen molar-refractivity contribution in [1.29, 1.82) is 0 Å². The summed E-state index contributed by atoms with van der Waals surface area (Å²) in [6, 6.07) is 7.66. The first-order chi connectivity index (χ1) is 21.2. The number of aliphatic hydroxyl groups excluding tert-OH is 1. The molecule has 0 radical (unpaired) electrons. The molecule has 0 unspecified atom stereocenters. The number of β-amino-alcohol motifs (C(OH)–C–C–N with tert-alkyl or cyclic N) is 1. The molecule has 7 atom stereocenters. The first-order valence-electron chi connectivity index (χ1n) is 15.9. The molecule has 1 aromatic carbocycles. The molecule has 3 amide bonds. The summed E-state index contributed by atoms with van der Waals surface area (Å²) >= 11 is 0. The van der Waals surface area contributed by atoms with E-state index in [-0.39, 0.29) is 37.3 Å². The van der Waals surface area contributed by atoms with Crippen LogP contribution >= 0.6 is 0 Å². The second kappa shape index (κ2) is 15.0. The van der Waals surface area contributed by atoms with E-state index in [1.807, 2.05) is 30.3 Å². The van der Waals surface area contributed by atoms with Gasteiger partial charge in [-0.25, -0.2) is 0 Å². The molecule has 0 saturated carbocycles. The van der Waals surface area contributed by atoms with Crippen molar-refractivity contribution in [3.8, 4) is 0 Å². The summed E-state index contributed by atoms with van der Waals surface area (Å²) in [6.07, 6.45) is 6.45. The predicted octanol–water partition coefficient (Wildman–Crippen LogP) is 3.31. The van der Waals surface area contributed by atoms with Gasteiger partial charge in [-0.05, 0) is 38.2 Å². The fourth-order valence-electron chi connectivity index (χ4n) is 7.16. The van der Waals surface area contributed by atoms with Crippen LogP contribution in [0.25, 0.3) is 0 Å². The summed E-state index contributed by atoms with van der Waals surface area (Å²) in [6.45, 7) is 11.8. The highest BCUT2D eigenvalue weighted by Gasteiger charge is 2.75. The normalized spacial score (nSPS) is 26.5. The highest BCUT2D eigenvalue weighted by molar-refractivity contribution is 5.98.